The molecule has 0 aromatic carbocycles. The van der Waals surface area contributed by atoms with E-state index >= 15 is 0 Å². The minimum atomic E-state index is -0.638. The van der Waals surface area contributed by atoms with Crippen LogP contribution in [0, 0.1) is 68.5 Å². The maximum Gasteiger partial charge on any atom is 0.308 e. The Morgan fingerprint density at radius 3 is 2.34 bits per heavy atom. The first-order valence-corrected chi connectivity index (χ1v) is 13.6. The minimum absolute atomic E-state index is 0.0510. The number of rotatable bonds is 1. The molecule has 0 bridgehead atoms. The van der Waals surface area contributed by atoms with E-state index < -0.39 is 11.3 Å². The van der Waals surface area contributed by atoms with Crippen LogP contribution in [-0.4, -0.2) is 24.6 Å². The second-order valence-corrected chi connectivity index (χ2v) is 13.8. The van der Waals surface area contributed by atoms with Gasteiger partial charge in [0.05, 0.1) is 19.1 Å². The summed E-state index contributed by atoms with van der Waals surface area (Å²) in [6, 6.07) is 2.29. The van der Waals surface area contributed by atoms with Gasteiger partial charge < -0.3 is 4.74 Å². The van der Waals surface area contributed by atoms with Crippen molar-refractivity contribution in [1.29, 1.82) is 5.26 Å². The van der Waals surface area contributed by atoms with Crippen LogP contribution < -0.4 is 0 Å². The zero-order valence-corrected chi connectivity index (χ0v) is 22.3. The molecule has 0 spiro atoms. The molecular formula is C30H41NO4. The highest BCUT2D eigenvalue weighted by Gasteiger charge is 2.68. The monoisotopic (exact) mass is 479 g/mol. The number of methoxy groups -OCH3 is 1. The zero-order chi connectivity index (χ0) is 25.6. The Morgan fingerprint density at radius 1 is 1.00 bits per heavy atom. The van der Waals surface area contributed by atoms with E-state index in [9.17, 15) is 19.6 Å². The van der Waals surface area contributed by atoms with E-state index in [0.717, 1.165) is 44.9 Å². The van der Waals surface area contributed by atoms with Crippen molar-refractivity contribution in [1.82, 2.24) is 0 Å². The highest BCUT2D eigenvalue weighted by Crippen LogP contribution is 2.71. The molecule has 0 aromatic heterocycles. The topological polar surface area (TPSA) is 84.2 Å². The summed E-state index contributed by atoms with van der Waals surface area (Å²) >= 11 is 0. The molecule has 190 valence electrons. The summed E-state index contributed by atoms with van der Waals surface area (Å²) in [4.78, 5) is 39.8. The smallest absolute Gasteiger partial charge is 0.308 e. The molecule has 5 nitrogen and oxygen atoms in total. The summed E-state index contributed by atoms with van der Waals surface area (Å²) in [5, 5.41) is 9.85. The van der Waals surface area contributed by atoms with Gasteiger partial charge in [-0.3, -0.25) is 14.4 Å². The summed E-state index contributed by atoms with van der Waals surface area (Å²) in [5.41, 5.74) is 0.263. The molecule has 9 unspecified atom stereocenters. The van der Waals surface area contributed by atoms with Crippen molar-refractivity contribution in [3.05, 3.63) is 11.6 Å². The van der Waals surface area contributed by atoms with Crippen LogP contribution in [0.5, 0.6) is 0 Å². The standard InChI is InChI=1S/C30H41NO4/c1-27(2)23-9-12-29(4)20-8-11-28(3)10-7-17(26(34)35-6)13-21(28)19(20)14-22(32)24(29)30(23,5)15-18(16-31)25(27)33/h14,17-18,20-21,23-24H,7-13,15H2,1-6H3. The van der Waals surface area contributed by atoms with E-state index in [4.69, 9.17) is 4.74 Å². The van der Waals surface area contributed by atoms with Crippen LogP contribution in [0.1, 0.15) is 86.0 Å². The van der Waals surface area contributed by atoms with Gasteiger partial charge in [-0.2, -0.15) is 5.26 Å². The Bertz CT molecular complexity index is 1050. The molecule has 4 fully saturated rings. The molecule has 0 aliphatic heterocycles. The SMILES string of the molecule is COC(=O)C1CCC2(C)CCC3C(=CC(=O)C4C3(C)CCC3C(C)(C)C(=O)C(C#N)CC34C)C2C1. The molecular weight excluding hydrogens is 438 g/mol. The molecule has 9 atom stereocenters. The van der Waals surface area contributed by atoms with Gasteiger partial charge in [-0.25, -0.2) is 0 Å². The Balaban J connectivity index is 1.57. The number of hydrogen-bond donors (Lipinski definition) is 0. The van der Waals surface area contributed by atoms with Gasteiger partial charge in [0.15, 0.2) is 11.6 Å². The zero-order valence-electron chi connectivity index (χ0n) is 22.3. The third-order valence-corrected chi connectivity index (χ3v) is 11.9. The lowest BCUT2D eigenvalue weighted by atomic mass is 9.36. The van der Waals surface area contributed by atoms with E-state index in [2.05, 4.69) is 26.8 Å². The van der Waals surface area contributed by atoms with Gasteiger partial charge >= 0.3 is 5.97 Å². The van der Waals surface area contributed by atoms with Crippen molar-refractivity contribution in [2.45, 2.75) is 86.0 Å². The first kappa shape index (κ1) is 24.7. The number of fused-ring (bicyclic) bond motifs is 7. The lowest BCUT2D eigenvalue weighted by molar-refractivity contribution is -0.179. The van der Waals surface area contributed by atoms with Crippen molar-refractivity contribution in [3.8, 4) is 6.07 Å². The van der Waals surface area contributed by atoms with Crippen LogP contribution in [0.4, 0.5) is 0 Å². The van der Waals surface area contributed by atoms with Gasteiger partial charge in [0.25, 0.3) is 0 Å². The van der Waals surface area contributed by atoms with E-state index in [-0.39, 0.29) is 57.5 Å². The molecule has 0 radical (unpaired) electrons. The molecule has 0 aromatic rings. The van der Waals surface area contributed by atoms with Crippen molar-refractivity contribution in [2.24, 2.45) is 57.2 Å². The summed E-state index contributed by atoms with van der Waals surface area (Å²) in [5.74, 6) is -0.112. The number of nitrogens with zero attached hydrogens (tertiary/aromatic N) is 1. The van der Waals surface area contributed by atoms with E-state index in [1.807, 2.05) is 19.9 Å². The van der Waals surface area contributed by atoms with Crippen molar-refractivity contribution < 1.29 is 19.1 Å². The predicted octanol–water partition coefficient (Wildman–Crippen LogP) is 5.68. The predicted molar refractivity (Wildman–Crippen MR) is 132 cm³/mol. The van der Waals surface area contributed by atoms with Crippen LogP contribution in [0.3, 0.4) is 0 Å². The number of hydrogen-bond acceptors (Lipinski definition) is 5. The molecule has 0 amide bonds. The Hall–Kier alpha value is -1.96. The first-order valence-electron chi connectivity index (χ1n) is 13.6. The van der Waals surface area contributed by atoms with Crippen molar-refractivity contribution in [3.63, 3.8) is 0 Å². The van der Waals surface area contributed by atoms with Gasteiger partial charge in [0.2, 0.25) is 0 Å². The normalized spacial score (nSPS) is 48.3. The number of nitriles is 1. The second kappa shape index (κ2) is 7.77. The van der Waals surface area contributed by atoms with Crippen LogP contribution in [-0.2, 0) is 19.1 Å². The number of ketones is 2. The molecule has 5 aliphatic carbocycles. The summed E-state index contributed by atoms with van der Waals surface area (Å²) < 4.78 is 5.11. The van der Waals surface area contributed by atoms with Crippen LogP contribution >= 0.6 is 0 Å². The van der Waals surface area contributed by atoms with Gasteiger partial charge in [-0.1, -0.05) is 40.2 Å². The molecule has 35 heavy (non-hydrogen) atoms. The van der Waals surface area contributed by atoms with Crippen LogP contribution in [0.25, 0.3) is 0 Å². The number of ether oxygens (including phenoxy) is 1. The van der Waals surface area contributed by atoms with Gasteiger partial charge in [0, 0.05) is 11.3 Å². The number of esters is 1. The maximum atomic E-state index is 14.2. The Labute approximate surface area is 210 Å². The summed E-state index contributed by atoms with van der Waals surface area (Å²) in [7, 11) is 1.47. The number of carbonyl (C=O) groups is 3. The molecule has 0 heterocycles. The lowest BCUT2D eigenvalue weighted by Crippen LogP contribution is -2.64. The Kier molecular flexibility index (Phi) is 5.49. The first-order chi connectivity index (χ1) is 16.3. The second-order valence-electron chi connectivity index (χ2n) is 13.8. The number of Topliss-reactive ketones (excluding diaryl/α,β-unsaturated/α-hetero) is 1. The molecule has 5 aliphatic rings. The van der Waals surface area contributed by atoms with Gasteiger partial charge in [-0.05, 0) is 91.4 Å². The van der Waals surface area contributed by atoms with Gasteiger partial charge in [0.1, 0.15) is 5.92 Å². The third kappa shape index (κ3) is 3.20. The fourth-order valence-corrected chi connectivity index (χ4v) is 10.2. The quantitative estimate of drug-likeness (QED) is 0.452. The average molecular weight is 480 g/mol. The minimum Gasteiger partial charge on any atom is -0.469 e. The van der Waals surface area contributed by atoms with Crippen LogP contribution in [0.15, 0.2) is 11.6 Å². The lowest BCUT2D eigenvalue weighted by Gasteiger charge is -2.66. The van der Waals surface area contributed by atoms with E-state index in [1.165, 1.54) is 12.7 Å². The largest absolute Gasteiger partial charge is 0.469 e. The van der Waals surface area contributed by atoms with E-state index in [1.54, 1.807) is 0 Å². The fraction of sp³-hybridized carbons (Fsp3) is 0.800. The Morgan fingerprint density at radius 2 is 1.69 bits per heavy atom. The molecule has 5 rings (SSSR count). The average Bonchev–Trinajstić information content (AvgIpc) is 2.80. The highest BCUT2D eigenvalue weighted by molar-refractivity contribution is 5.96. The number of allylic oxidation sites excluding steroid dienone is 2. The fourth-order valence-electron chi connectivity index (χ4n) is 10.2. The summed E-state index contributed by atoms with van der Waals surface area (Å²) in [6.07, 6.45) is 9.15. The molecule has 5 heteroatoms. The third-order valence-electron chi connectivity index (χ3n) is 11.9. The van der Waals surface area contributed by atoms with E-state index in [0.29, 0.717) is 12.3 Å². The molecule has 0 saturated heterocycles. The van der Waals surface area contributed by atoms with Crippen LogP contribution in [0.2, 0.25) is 0 Å². The van der Waals surface area contributed by atoms with Crippen molar-refractivity contribution in [2.75, 3.05) is 7.11 Å². The summed E-state index contributed by atoms with van der Waals surface area (Å²) in [6.45, 7) is 10.9. The molecule has 0 N–H and O–H groups in total. The van der Waals surface area contributed by atoms with Crippen molar-refractivity contribution >= 4 is 17.5 Å². The maximum absolute atomic E-state index is 14.2. The molecule has 4 saturated carbocycles. The highest BCUT2D eigenvalue weighted by atomic mass is 16.5. The van der Waals surface area contributed by atoms with Gasteiger partial charge in [-0.15, -0.1) is 0 Å². The number of carbonyl (C=O) groups excluding carboxylic acids is 3.